The predicted octanol–water partition coefficient (Wildman–Crippen LogP) is 3.74. The van der Waals surface area contributed by atoms with Crippen LogP contribution in [0.1, 0.15) is 41.5 Å². The Morgan fingerprint density at radius 2 is 0.737 bits per heavy atom. The fourth-order valence-electron chi connectivity index (χ4n) is 1.50. The van der Waals surface area contributed by atoms with Crippen molar-refractivity contribution in [2.24, 2.45) is 0 Å². The van der Waals surface area contributed by atoms with Crippen LogP contribution < -0.4 is 0 Å². The van der Waals surface area contributed by atoms with E-state index in [1.54, 1.807) is 0 Å². The zero-order valence-corrected chi connectivity index (χ0v) is 16.1. The molecule has 0 aromatic carbocycles. The van der Waals surface area contributed by atoms with Crippen LogP contribution in [0.2, 0.25) is 36.3 Å². The van der Waals surface area contributed by atoms with Gasteiger partial charge in [-0.25, -0.2) is 0 Å². The zero-order valence-electron chi connectivity index (χ0n) is 13.3. The van der Waals surface area contributed by atoms with Crippen LogP contribution in [0.25, 0.3) is 0 Å². The average molecular weight is 327 g/mol. The summed E-state index contributed by atoms with van der Waals surface area (Å²) in [5.41, 5.74) is 0. The molecule has 0 amide bonds. The summed E-state index contributed by atoms with van der Waals surface area (Å²) in [6.45, 7) is 13.8. The Bertz CT molecular complexity index is 219. The molecule has 0 N–H and O–H groups in total. The molecule has 0 aliphatic heterocycles. The summed E-state index contributed by atoms with van der Waals surface area (Å²) in [5.74, 6) is 0. The molecule has 0 fully saturated rings. The van der Waals surface area contributed by atoms with Gasteiger partial charge >= 0.3 is 17.6 Å². The Balaban J connectivity index is -0.000000206. The summed E-state index contributed by atoms with van der Waals surface area (Å²) >= 11 is 0. The van der Waals surface area contributed by atoms with E-state index in [0.29, 0.717) is 0 Å². The summed E-state index contributed by atoms with van der Waals surface area (Å²) in [5, 5.41) is 0. The normalized spacial score (nSPS) is 9.68. The Hall–Kier alpha value is 0.304. The van der Waals surface area contributed by atoms with Crippen LogP contribution in [0.5, 0.6) is 0 Å². The van der Waals surface area contributed by atoms with Crippen molar-refractivity contribution in [3.8, 4) is 0 Å². The Morgan fingerprint density at radius 1 is 0.632 bits per heavy atom. The highest BCUT2D eigenvalue weighted by atomic mass is 32.3. The molecule has 0 heterocycles. The Morgan fingerprint density at radius 3 is 0.737 bits per heavy atom. The molecule has 0 aliphatic rings. The first-order chi connectivity index (χ1) is 8.69. The minimum absolute atomic E-state index is 0.137. The fraction of sp³-hybridized carbons (Fsp3) is 1.00. The van der Waals surface area contributed by atoms with E-state index in [2.05, 4.69) is 41.5 Å². The number of hydrogen-bond donors (Lipinski definition) is 0. The number of rotatable bonds is 6. The van der Waals surface area contributed by atoms with Crippen LogP contribution in [0.3, 0.4) is 0 Å². The molecule has 0 aromatic rings. The fourth-order valence-corrected chi connectivity index (χ4v) is 4.50. The Kier molecular flexibility index (Phi) is 20.9. The van der Waals surface area contributed by atoms with Gasteiger partial charge < -0.3 is 9.11 Å². The molecule has 0 aromatic heterocycles. The number of hydrogen-bond acceptors (Lipinski definition) is 4. The van der Waals surface area contributed by atoms with Gasteiger partial charge in [0, 0.05) is 10.4 Å². The summed E-state index contributed by atoms with van der Waals surface area (Å²) in [6, 6.07) is 8.74. The van der Waals surface area contributed by atoms with E-state index >= 15 is 0 Å². The Labute approximate surface area is 123 Å². The molecule has 0 radical (unpaired) electrons. The molecule has 0 saturated carbocycles. The van der Waals surface area contributed by atoms with Crippen molar-refractivity contribution in [3.05, 3.63) is 0 Å². The second-order valence-electron chi connectivity index (χ2n) is 4.03. The molecule has 0 rings (SSSR count). The quantitative estimate of drug-likeness (QED) is 0.423. The lowest BCUT2D eigenvalue weighted by Gasteiger charge is -2.06. The predicted molar refractivity (Wildman–Crippen MR) is 84.9 cm³/mol. The first kappa shape index (κ1) is 24.3. The molecule has 0 saturated heterocycles. The lowest BCUT2D eigenvalue weighted by molar-refractivity contribution is 0.352. The summed E-state index contributed by atoms with van der Waals surface area (Å²) in [4.78, 5) is 0. The van der Waals surface area contributed by atoms with Crippen molar-refractivity contribution in [2.75, 3.05) is 0 Å². The van der Waals surface area contributed by atoms with Gasteiger partial charge in [-0.05, 0) is 41.5 Å². The molecule has 0 atom stereocenters. The van der Waals surface area contributed by atoms with Crippen molar-refractivity contribution in [3.63, 3.8) is 0 Å². The van der Waals surface area contributed by atoms with Crippen LogP contribution in [-0.2, 0) is 10.4 Å². The highest BCUT2D eigenvalue weighted by Gasteiger charge is 2.16. The largest absolute Gasteiger partial charge is 0.759 e. The third-order valence-corrected chi connectivity index (χ3v) is 9.00. The maximum absolute atomic E-state index is 8.52. The highest BCUT2D eigenvalue weighted by molar-refractivity contribution is 7.79. The van der Waals surface area contributed by atoms with Crippen molar-refractivity contribution < 1.29 is 17.5 Å². The SMILES string of the molecule is CC[Si+](CC)CC.CC[Si+](CC)CC.O=S(=O)([O-])[O-]. The molecular weight excluding hydrogens is 296 g/mol. The summed E-state index contributed by atoms with van der Waals surface area (Å²) in [6.07, 6.45) is 0. The maximum atomic E-state index is 8.52. The van der Waals surface area contributed by atoms with Gasteiger partial charge in [-0.1, -0.05) is 0 Å². The van der Waals surface area contributed by atoms with Gasteiger partial charge in [0.15, 0.2) is 0 Å². The molecule has 0 bridgehead atoms. The molecular formula is C12H30O4SSi2. The van der Waals surface area contributed by atoms with Gasteiger partial charge in [0.2, 0.25) is 0 Å². The topological polar surface area (TPSA) is 80.3 Å². The lowest BCUT2D eigenvalue weighted by atomic mass is 10.9. The van der Waals surface area contributed by atoms with Gasteiger partial charge in [-0.15, -0.1) is 0 Å². The van der Waals surface area contributed by atoms with Gasteiger partial charge in [0.05, 0.1) is 36.3 Å². The molecule has 19 heavy (non-hydrogen) atoms. The highest BCUT2D eigenvalue weighted by Crippen LogP contribution is 2.02. The third-order valence-electron chi connectivity index (χ3n) is 3.00. The van der Waals surface area contributed by atoms with E-state index in [4.69, 9.17) is 17.5 Å². The molecule has 0 aliphatic carbocycles. The van der Waals surface area contributed by atoms with Crippen molar-refractivity contribution >= 4 is 28.0 Å². The van der Waals surface area contributed by atoms with Gasteiger partial charge in [0.25, 0.3) is 0 Å². The van der Waals surface area contributed by atoms with E-state index in [1.807, 2.05) is 0 Å². The average Bonchev–Trinajstić information content (AvgIpc) is 2.32. The lowest BCUT2D eigenvalue weighted by Crippen LogP contribution is -2.04. The molecule has 0 spiro atoms. The van der Waals surface area contributed by atoms with Crippen LogP contribution in [0.4, 0.5) is 0 Å². The molecule has 0 unspecified atom stereocenters. The molecule has 7 heteroatoms. The minimum atomic E-state index is -5.17. The van der Waals surface area contributed by atoms with E-state index in [9.17, 15) is 0 Å². The van der Waals surface area contributed by atoms with Crippen LogP contribution in [0.15, 0.2) is 0 Å². The van der Waals surface area contributed by atoms with E-state index in [-0.39, 0.29) is 17.6 Å². The van der Waals surface area contributed by atoms with Crippen molar-refractivity contribution in [1.29, 1.82) is 0 Å². The van der Waals surface area contributed by atoms with Crippen LogP contribution in [0, 0.1) is 0 Å². The van der Waals surface area contributed by atoms with E-state index < -0.39 is 10.4 Å². The first-order valence-corrected chi connectivity index (χ1v) is 12.6. The van der Waals surface area contributed by atoms with Crippen LogP contribution in [-0.4, -0.2) is 35.1 Å². The van der Waals surface area contributed by atoms with Gasteiger partial charge in [0.1, 0.15) is 0 Å². The summed E-state index contributed by atoms with van der Waals surface area (Å²) < 4.78 is 34.1. The second-order valence-corrected chi connectivity index (χ2v) is 12.1. The van der Waals surface area contributed by atoms with Crippen LogP contribution >= 0.6 is 0 Å². The third kappa shape index (κ3) is 32.1. The van der Waals surface area contributed by atoms with E-state index in [1.165, 1.54) is 36.3 Å². The van der Waals surface area contributed by atoms with Crippen molar-refractivity contribution in [1.82, 2.24) is 0 Å². The first-order valence-electron chi connectivity index (χ1n) is 7.03. The molecule has 4 nitrogen and oxygen atoms in total. The van der Waals surface area contributed by atoms with Gasteiger partial charge in [-0.3, -0.25) is 8.42 Å². The zero-order chi connectivity index (χ0) is 15.9. The van der Waals surface area contributed by atoms with Gasteiger partial charge in [-0.2, -0.15) is 0 Å². The van der Waals surface area contributed by atoms with Crippen molar-refractivity contribution in [2.45, 2.75) is 77.8 Å². The monoisotopic (exact) mass is 326 g/mol. The maximum Gasteiger partial charge on any atom is 0.313 e. The minimum Gasteiger partial charge on any atom is -0.759 e. The molecule has 116 valence electrons. The smallest absolute Gasteiger partial charge is 0.313 e. The standard InChI is InChI=1S/2C6H15Si.H2O4S/c2*1-4-7(5-2)6-3;1-5(2,3)4/h2*4-6H2,1-3H3;(H2,1,2,3,4)/q2*+1;/p-2. The summed E-state index contributed by atoms with van der Waals surface area (Å²) in [7, 11) is -4.89. The van der Waals surface area contributed by atoms with E-state index in [0.717, 1.165) is 0 Å². The second kappa shape index (κ2) is 16.4.